The van der Waals surface area contributed by atoms with Crippen molar-refractivity contribution < 1.29 is 50.3 Å². The summed E-state index contributed by atoms with van der Waals surface area (Å²) in [5, 5.41) is 2.72. The SMILES string of the molecule is CCCCCCCCCCCCCCCCCCNC(=O)OC[C@H](COC(=O)CCC[n+]1ccccc1)OC(=O)OC.[Cl-]. The number of hydrogen-bond donors (Lipinski definition) is 1. The van der Waals surface area contributed by atoms with Crippen LogP contribution in [0.2, 0.25) is 0 Å². The maximum atomic E-state index is 12.1. The number of ether oxygens (including phenoxy) is 4. The van der Waals surface area contributed by atoms with Crippen LogP contribution in [0, 0.1) is 0 Å². The first kappa shape index (κ1) is 40.5. The highest BCUT2D eigenvalue weighted by Crippen LogP contribution is 2.13. The summed E-state index contributed by atoms with van der Waals surface area (Å²) in [5.74, 6) is -0.419. The number of aryl methyl sites for hydroxylation is 1. The summed E-state index contributed by atoms with van der Waals surface area (Å²) in [7, 11) is 1.18. The lowest BCUT2D eigenvalue weighted by Crippen LogP contribution is -3.00. The molecule has 0 saturated heterocycles. The molecule has 0 fully saturated rings. The lowest BCUT2D eigenvalue weighted by atomic mass is 10.0. The maximum Gasteiger partial charge on any atom is 0.508 e. The number of halogens is 1. The molecule has 10 heteroatoms. The molecule has 0 unspecified atom stereocenters. The molecule has 0 spiro atoms. The summed E-state index contributed by atoms with van der Waals surface area (Å²) in [6, 6.07) is 5.77. The largest absolute Gasteiger partial charge is 1.00 e. The predicted octanol–water partition coefficient (Wildman–Crippen LogP) is 4.44. The van der Waals surface area contributed by atoms with Gasteiger partial charge in [-0.3, -0.25) is 4.79 Å². The van der Waals surface area contributed by atoms with Crippen molar-refractivity contribution in [3.8, 4) is 0 Å². The minimum Gasteiger partial charge on any atom is -1.00 e. The molecule has 1 N–H and O–H groups in total. The van der Waals surface area contributed by atoms with Crippen LogP contribution in [0.5, 0.6) is 0 Å². The van der Waals surface area contributed by atoms with Gasteiger partial charge in [0.2, 0.25) is 0 Å². The second kappa shape index (κ2) is 29.5. The van der Waals surface area contributed by atoms with Gasteiger partial charge in [0.25, 0.3) is 0 Å². The number of aromatic nitrogens is 1. The molecule has 9 nitrogen and oxygen atoms in total. The molecule has 1 amide bonds. The van der Waals surface area contributed by atoms with Gasteiger partial charge in [-0.15, -0.1) is 0 Å². The molecule has 0 aromatic carbocycles. The van der Waals surface area contributed by atoms with Gasteiger partial charge in [-0.1, -0.05) is 109 Å². The van der Waals surface area contributed by atoms with Crippen LogP contribution in [0.25, 0.3) is 0 Å². The number of alkyl carbamates (subject to hydrolysis) is 1. The van der Waals surface area contributed by atoms with Crippen LogP contribution in [0.4, 0.5) is 9.59 Å². The summed E-state index contributed by atoms with van der Waals surface area (Å²) < 4.78 is 22.0. The number of carbonyl (C=O) groups excluding carboxylic acids is 3. The number of pyridine rings is 1. The van der Waals surface area contributed by atoms with Crippen molar-refractivity contribution in [1.29, 1.82) is 0 Å². The molecule has 43 heavy (non-hydrogen) atoms. The average molecular weight is 629 g/mol. The first-order valence-electron chi connectivity index (χ1n) is 16.3. The molecular weight excluding hydrogens is 572 g/mol. The zero-order valence-corrected chi connectivity index (χ0v) is 27.5. The quantitative estimate of drug-likeness (QED) is 0.0700. The Morgan fingerprint density at radius 2 is 1.21 bits per heavy atom. The summed E-state index contributed by atoms with van der Waals surface area (Å²) in [4.78, 5) is 35.7. The summed E-state index contributed by atoms with van der Waals surface area (Å²) in [6.07, 6.45) is 22.9. The number of hydrogen-bond acceptors (Lipinski definition) is 7. The Hall–Kier alpha value is -2.55. The standard InChI is InChI=1S/C33H56N2O7.ClH/c1-3-4-5-6-7-8-9-10-11-12-13-14-15-16-17-19-24-34-32(37)41-29-30(42-33(38)39-2)28-40-31(36)23-22-27-35-25-20-18-21-26-35;/h18,20-21,25-26,30H,3-17,19,22-24,27-29H2,1-2H3;1H/t30-;/m0./s1. The Balaban J connectivity index is 0.0000176. The topological polar surface area (TPSA) is 104 Å². The van der Waals surface area contributed by atoms with Crippen molar-refractivity contribution >= 4 is 18.2 Å². The third-order valence-corrected chi connectivity index (χ3v) is 7.13. The van der Waals surface area contributed by atoms with Gasteiger partial charge in [-0.05, 0) is 6.42 Å². The van der Waals surface area contributed by atoms with E-state index in [1.54, 1.807) is 0 Å². The van der Waals surface area contributed by atoms with E-state index >= 15 is 0 Å². The van der Waals surface area contributed by atoms with Gasteiger partial charge in [-0.25, -0.2) is 14.2 Å². The number of nitrogens with zero attached hydrogens (tertiary/aromatic N) is 1. The molecule has 248 valence electrons. The molecule has 1 rings (SSSR count). The molecule has 1 aromatic heterocycles. The second-order valence-corrected chi connectivity index (χ2v) is 10.9. The van der Waals surface area contributed by atoms with Gasteiger partial charge in [0.1, 0.15) is 19.8 Å². The van der Waals surface area contributed by atoms with E-state index in [4.69, 9.17) is 14.2 Å². The third kappa shape index (κ3) is 25.6. The summed E-state index contributed by atoms with van der Waals surface area (Å²) >= 11 is 0. The van der Waals surface area contributed by atoms with Crippen molar-refractivity contribution in [2.45, 2.75) is 135 Å². The molecule has 0 aliphatic heterocycles. The fraction of sp³-hybridized carbons (Fsp3) is 0.758. The average Bonchev–Trinajstić information content (AvgIpc) is 3.00. The molecule has 0 bridgehead atoms. The first-order chi connectivity index (χ1) is 20.5. The van der Waals surface area contributed by atoms with Gasteiger partial charge in [-0.2, -0.15) is 0 Å². The Bertz CT molecular complexity index is 814. The molecule has 1 atom stereocenters. The van der Waals surface area contributed by atoms with Crippen molar-refractivity contribution in [1.82, 2.24) is 5.32 Å². The zero-order valence-electron chi connectivity index (χ0n) is 26.7. The number of nitrogens with one attached hydrogen (secondary N) is 1. The van der Waals surface area contributed by atoms with Gasteiger partial charge in [0, 0.05) is 25.1 Å². The van der Waals surface area contributed by atoms with Crippen molar-refractivity contribution in [2.75, 3.05) is 26.9 Å². The monoisotopic (exact) mass is 628 g/mol. The van der Waals surface area contributed by atoms with Gasteiger partial charge in [0.15, 0.2) is 18.5 Å². The Morgan fingerprint density at radius 3 is 1.74 bits per heavy atom. The minimum absolute atomic E-state index is 0. The van der Waals surface area contributed by atoms with Crippen LogP contribution < -0.4 is 22.3 Å². The van der Waals surface area contributed by atoms with Crippen LogP contribution in [0.1, 0.15) is 122 Å². The summed E-state index contributed by atoms with van der Waals surface area (Å²) in [6.45, 7) is 3.00. The van der Waals surface area contributed by atoms with E-state index in [1.165, 1.54) is 97.0 Å². The van der Waals surface area contributed by atoms with Crippen molar-refractivity contribution in [3.05, 3.63) is 30.6 Å². The molecule has 0 saturated carbocycles. The number of unbranched alkanes of at least 4 members (excludes halogenated alkanes) is 15. The Morgan fingerprint density at radius 1 is 0.698 bits per heavy atom. The molecule has 1 aromatic rings. The Labute approximate surface area is 266 Å². The van der Waals surface area contributed by atoms with Crippen LogP contribution in [-0.2, 0) is 30.3 Å². The normalized spacial score (nSPS) is 11.2. The van der Waals surface area contributed by atoms with Crippen molar-refractivity contribution in [2.24, 2.45) is 0 Å². The number of rotatable bonds is 26. The van der Waals surface area contributed by atoms with E-state index in [0.29, 0.717) is 19.5 Å². The fourth-order valence-corrected chi connectivity index (χ4v) is 4.63. The second-order valence-electron chi connectivity index (χ2n) is 10.9. The molecule has 0 aliphatic rings. The first-order valence-corrected chi connectivity index (χ1v) is 16.3. The Kier molecular flexibility index (Phi) is 27.8. The third-order valence-electron chi connectivity index (χ3n) is 7.13. The van der Waals surface area contributed by atoms with E-state index in [1.807, 2.05) is 35.2 Å². The lowest BCUT2D eigenvalue weighted by molar-refractivity contribution is -0.697. The summed E-state index contributed by atoms with van der Waals surface area (Å²) in [5.41, 5.74) is 0. The molecule has 1 heterocycles. The number of esters is 1. The predicted molar refractivity (Wildman–Crippen MR) is 163 cm³/mol. The zero-order chi connectivity index (χ0) is 30.5. The molecule has 0 radical (unpaired) electrons. The fourth-order valence-electron chi connectivity index (χ4n) is 4.63. The van der Waals surface area contributed by atoms with Crippen LogP contribution in [0.15, 0.2) is 30.6 Å². The van der Waals surface area contributed by atoms with Gasteiger partial charge >= 0.3 is 18.2 Å². The number of carbonyl (C=O) groups is 3. The van der Waals surface area contributed by atoms with E-state index in [-0.39, 0.29) is 32.0 Å². The highest BCUT2D eigenvalue weighted by atomic mass is 35.5. The molecular formula is C33H57ClN2O7. The van der Waals surface area contributed by atoms with Crippen LogP contribution in [-0.4, -0.2) is 51.2 Å². The maximum absolute atomic E-state index is 12.1. The number of amides is 1. The van der Waals surface area contributed by atoms with Crippen LogP contribution >= 0.6 is 0 Å². The number of methoxy groups -OCH3 is 1. The van der Waals surface area contributed by atoms with E-state index in [9.17, 15) is 14.4 Å². The lowest BCUT2D eigenvalue weighted by Gasteiger charge is -2.17. The van der Waals surface area contributed by atoms with Gasteiger partial charge in [0.05, 0.1) is 13.5 Å². The van der Waals surface area contributed by atoms with E-state index in [2.05, 4.69) is 17.0 Å². The van der Waals surface area contributed by atoms with E-state index < -0.39 is 24.3 Å². The van der Waals surface area contributed by atoms with Gasteiger partial charge < -0.3 is 36.7 Å². The molecule has 0 aliphatic carbocycles. The minimum atomic E-state index is -0.953. The van der Waals surface area contributed by atoms with Crippen molar-refractivity contribution in [3.63, 3.8) is 0 Å². The smallest absolute Gasteiger partial charge is 0.508 e. The van der Waals surface area contributed by atoms with E-state index in [0.717, 1.165) is 12.8 Å². The highest BCUT2D eigenvalue weighted by molar-refractivity contribution is 5.69. The van der Waals surface area contributed by atoms with Crippen LogP contribution in [0.3, 0.4) is 0 Å². The highest BCUT2D eigenvalue weighted by Gasteiger charge is 2.20.